The molecule has 164 valence electrons. The van der Waals surface area contributed by atoms with E-state index in [9.17, 15) is 13.2 Å². The van der Waals surface area contributed by atoms with Crippen LogP contribution in [-0.2, 0) is 27.8 Å². The summed E-state index contributed by atoms with van der Waals surface area (Å²) in [7, 11) is -2.34. The zero-order valence-electron chi connectivity index (χ0n) is 17.4. The van der Waals surface area contributed by atoms with E-state index in [-0.39, 0.29) is 22.8 Å². The summed E-state index contributed by atoms with van der Waals surface area (Å²) in [4.78, 5) is 17.0. The first-order chi connectivity index (χ1) is 14.5. The van der Waals surface area contributed by atoms with Gasteiger partial charge in [0.1, 0.15) is 17.3 Å². The molecule has 0 atom stereocenters. The quantitative estimate of drug-likeness (QED) is 0.562. The number of methoxy groups -OCH3 is 1. The average Bonchev–Trinajstić information content (AvgIpc) is 3.01. The van der Waals surface area contributed by atoms with E-state index in [2.05, 4.69) is 11.9 Å². The third kappa shape index (κ3) is 5.39. The molecule has 9 heteroatoms. The molecule has 7 nitrogen and oxygen atoms in total. The number of benzene rings is 1. The van der Waals surface area contributed by atoms with E-state index in [0.29, 0.717) is 18.8 Å². The van der Waals surface area contributed by atoms with E-state index in [0.717, 1.165) is 43.5 Å². The minimum Gasteiger partial charge on any atom is -0.495 e. The van der Waals surface area contributed by atoms with Gasteiger partial charge < -0.3 is 9.47 Å². The third-order valence-electron chi connectivity index (χ3n) is 5.00. The Morgan fingerprint density at radius 2 is 1.93 bits per heavy atom. The molecule has 1 saturated heterocycles. The van der Waals surface area contributed by atoms with Crippen molar-refractivity contribution in [2.24, 2.45) is 0 Å². The van der Waals surface area contributed by atoms with Crippen LogP contribution in [-0.4, -0.2) is 43.9 Å². The van der Waals surface area contributed by atoms with Gasteiger partial charge in [-0.1, -0.05) is 19.8 Å². The molecule has 1 aromatic carbocycles. The standard InChI is InChI=1S/C21H28N2O5S2/c1-3-8-20-22-17(15-29-20)14-28-21(24)16-9-10-18(27-2)19(13-16)30(25,26)23-11-6-4-5-7-12-23/h9-10,13,15H,3-8,11-12,14H2,1-2H3. The van der Waals surface area contributed by atoms with E-state index in [4.69, 9.17) is 9.47 Å². The molecule has 1 fully saturated rings. The summed E-state index contributed by atoms with van der Waals surface area (Å²) in [6, 6.07) is 4.38. The normalized spacial score (nSPS) is 15.5. The highest BCUT2D eigenvalue weighted by molar-refractivity contribution is 7.89. The predicted molar refractivity (Wildman–Crippen MR) is 115 cm³/mol. The number of sulfonamides is 1. The SMILES string of the molecule is CCCc1nc(COC(=O)c2ccc(OC)c(S(=O)(=O)N3CCCCCC3)c2)cs1. The molecule has 0 bridgehead atoms. The fourth-order valence-corrected chi connectivity index (χ4v) is 5.98. The minimum atomic E-state index is -3.76. The van der Waals surface area contributed by atoms with E-state index in [1.54, 1.807) is 11.3 Å². The van der Waals surface area contributed by atoms with Crippen LogP contribution in [0.1, 0.15) is 60.1 Å². The van der Waals surface area contributed by atoms with E-state index in [1.165, 1.54) is 29.6 Å². The van der Waals surface area contributed by atoms with Gasteiger partial charge in [0.15, 0.2) is 0 Å². The van der Waals surface area contributed by atoms with Gasteiger partial charge in [-0.3, -0.25) is 0 Å². The molecule has 0 amide bonds. The highest BCUT2D eigenvalue weighted by Crippen LogP contribution is 2.29. The van der Waals surface area contributed by atoms with Crippen LogP contribution < -0.4 is 4.74 Å². The second kappa shape index (κ2) is 10.4. The fourth-order valence-electron chi connectivity index (χ4n) is 3.39. The number of thiazole rings is 1. The molecule has 1 aliphatic rings. The van der Waals surface area contributed by atoms with Crippen LogP contribution in [0.2, 0.25) is 0 Å². The first-order valence-corrected chi connectivity index (χ1v) is 12.6. The smallest absolute Gasteiger partial charge is 0.338 e. The molecule has 0 saturated carbocycles. The molecule has 0 unspecified atom stereocenters. The number of aromatic nitrogens is 1. The van der Waals surface area contributed by atoms with Crippen molar-refractivity contribution in [3.8, 4) is 5.75 Å². The molecule has 1 aliphatic heterocycles. The van der Waals surface area contributed by atoms with Gasteiger partial charge in [-0.2, -0.15) is 4.31 Å². The van der Waals surface area contributed by atoms with Gasteiger partial charge in [0.25, 0.3) is 0 Å². The van der Waals surface area contributed by atoms with Crippen molar-refractivity contribution in [1.29, 1.82) is 0 Å². The molecular weight excluding hydrogens is 424 g/mol. The average molecular weight is 453 g/mol. The first-order valence-electron chi connectivity index (χ1n) is 10.2. The zero-order valence-corrected chi connectivity index (χ0v) is 19.1. The van der Waals surface area contributed by atoms with Crippen LogP contribution in [0.3, 0.4) is 0 Å². The Morgan fingerprint density at radius 1 is 1.20 bits per heavy atom. The summed E-state index contributed by atoms with van der Waals surface area (Å²) in [5.74, 6) is -0.366. The van der Waals surface area contributed by atoms with Gasteiger partial charge in [-0.15, -0.1) is 11.3 Å². The Hall–Kier alpha value is -1.97. The molecular formula is C21H28N2O5S2. The summed E-state index contributed by atoms with van der Waals surface area (Å²) in [6.45, 7) is 3.09. The molecule has 1 aromatic heterocycles. The van der Waals surface area contributed by atoms with Crippen LogP contribution >= 0.6 is 11.3 Å². The maximum absolute atomic E-state index is 13.2. The molecule has 0 radical (unpaired) electrons. The molecule has 0 N–H and O–H groups in total. The summed E-state index contributed by atoms with van der Waals surface area (Å²) in [6.07, 6.45) is 5.60. The van der Waals surface area contributed by atoms with Crippen LogP contribution in [0, 0.1) is 0 Å². The van der Waals surface area contributed by atoms with Crippen molar-refractivity contribution in [3.63, 3.8) is 0 Å². The Labute approximate surface area is 182 Å². The van der Waals surface area contributed by atoms with Crippen LogP contribution in [0.15, 0.2) is 28.5 Å². The van der Waals surface area contributed by atoms with Crippen molar-refractivity contribution in [3.05, 3.63) is 39.8 Å². The summed E-state index contributed by atoms with van der Waals surface area (Å²) in [5.41, 5.74) is 0.871. The molecule has 2 aromatic rings. The monoisotopic (exact) mass is 452 g/mol. The zero-order chi connectivity index (χ0) is 21.6. The Kier molecular flexibility index (Phi) is 7.85. The number of rotatable bonds is 8. The van der Waals surface area contributed by atoms with Gasteiger partial charge in [0, 0.05) is 18.5 Å². The van der Waals surface area contributed by atoms with Crippen molar-refractivity contribution in [2.45, 2.75) is 57.0 Å². The lowest BCUT2D eigenvalue weighted by Crippen LogP contribution is -2.32. The number of hydrogen-bond acceptors (Lipinski definition) is 7. The number of esters is 1. The summed E-state index contributed by atoms with van der Waals surface area (Å²) in [5, 5.41) is 2.89. The second-order valence-corrected chi connectivity index (χ2v) is 10.1. The lowest BCUT2D eigenvalue weighted by atomic mass is 10.2. The lowest BCUT2D eigenvalue weighted by Gasteiger charge is -2.21. The number of aryl methyl sites for hydroxylation is 1. The van der Waals surface area contributed by atoms with Gasteiger partial charge >= 0.3 is 5.97 Å². The van der Waals surface area contributed by atoms with Crippen LogP contribution in [0.4, 0.5) is 0 Å². The fraction of sp³-hybridized carbons (Fsp3) is 0.524. The molecule has 0 aliphatic carbocycles. The minimum absolute atomic E-state index is 0.000223. The van der Waals surface area contributed by atoms with Gasteiger partial charge in [0.2, 0.25) is 10.0 Å². The largest absolute Gasteiger partial charge is 0.495 e. The Morgan fingerprint density at radius 3 is 2.60 bits per heavy atom. The number of carbonyl (C=O) groups is 1. The maximum atomic E-state index is 13.2. The summed E-state index contributed by atoms with van der Waals surface area (Å²) >= 11 is 1.55. The van der Waals surface area contributed by atoms with Gasteiger partial charge in [0.05, 0.1) is 23.4 Å². The van der Waals surface area contributed by atoms with Gasteiger partial charge in [-0.05, 0) is 43.9 Å². The first kappa shape index (κ1) is 22.7. The van der Waals surface area contributed by atoms with Crippen molar-refractivity contribution >= 4 is 27.3 Å². The molecule has 0 spiro atoms. The molecule has 2 heterocycles. The Bertz CT molecular complexity index is 964. The van der Waals surface area contributed by atoms with Crippen molar-refractivity contribution in [1.82, 2.24) is 9.29 Å². The van der Waals surface area contributed by atoms with Crippen molar-refractivity contribution in [2.75, 3.05) is 20.2 Å². The lowest BCUT2D eigenvalue weighted by molar-refractivity contribution is 0.0468. The summed E-state index contributed by atoms with van der Waals surface area (Å²) < 4.78 is 38.6. The predicted octanol–water partition coefficient (Wildman–Crippen LogP) is 4.03. The highest BCUT2D eigenvalue weighted by Gasteiger charge is 2.29. The Balaban J connectivity index is 1.78. The van der Waals surface area contributed by atoms with Crippen molar-refractivity contribution < 1.29 is 22.7 Å². The van der Waals surface area contributed by atoms with Crippen LogP contribution in [0.25, 0.3) is 0 Å². The number of carbonyl (C=O) groups excluding carboxylic acids is 1. The highest BCUT2D eigenvalue weighted by atomic mass is 32.2. The second-order valence-electron chi connectivity index (χ2n) is 7.24. The number of ether oxygens (including phenoxy) is 2. The molecule has 3 rings (SSSR count). The maximum Gasteiger partial charge on any atom is 0.338 e. The molecule has 30 heavy (non-hydrogen) atoms. The topological polar surface area (TPSA) is 85.8 Å². The van der Waals surface area contributed by atoms with Crippen LogP contribution in [0.5, 0.6) is 5.75 Å². The van der Waals surface area contributed by atoms with E-state index >= 15 is 0 Å². The van der Waals surface area contributed by atoms with E-state index in [1.807, 2.05) is 5.38 Å². The number of hydrogen-bond donors (Lipinski definition) is 0. The third-order valence-corrected chi connectivity index (χ3v) is 7.87. The number of nitrogens with zero attached hydrogens (tertiary/aromatic N) is 2. The van der Waals surface area contributed by atoms with Gasteiger partial charge in [-0.25, -0.2) is 18.2 Å². The van der Waals surface area contributed by atoms with E-state index < -0.39 is 16.0 Å².